The Morgan fingerprint density at radius 2 is 2.13 bits per heavy atom. The summed E-state index contributed by atoms with van der Waals surface area (Å²) < 4.78 is 7.32. The minimum absolute atomic E-state index is 0.0128. The normalized spacial score (nSPS) is 15.5. The van der Waals surface area contributed by atoms with Gasteiger partial charge in [-0.15, -0.1) is 0 Å². The first kappa shape index (κ1) is 21.0. The van der Waals surface area contributed by atoms with E-state index in [-0.39, 0.29) is 12.3 Å². The predicted molar refractivity (Wildman–Crippen MR) is 120 cm³/mol. The van der Waals surface area contributed by atoms with Gasteiger partial charge in [-0.2, -0.15) is 4.33 Å². The van der Waals surface area contributed by atoms with E-state index in [1.54, 1.807) is 0 Å². The van der Waals surface area contributed by atoms with E-state index in [1.165, 1.54) is 12.7 Å². The maximum atomic E-state index is 11.5. The number of aryl methyl sites for hydroxylation is 1. The average molecular weight is 444 g/mol. The molecule has 0 bridgehead atoms. The highest BCUT2D eigenvalue weighted by Crippen LogP contribution is 2.44. The summed E-state index contributed by atoms with van der Waals surface area (Å²) in [6.07, 6.45) is 3.65. The molecule has 0 saturated carbocycles. The van der Waals surface area contributed by atoms with E-state index < -0.39 is 5.97 Å². The van der Waals surface area contributed by atoms with Gasteiger partial charge >= 0.3 is 5.97 Å². The molecule has 0 spiro atoms. The lowest BCUT2D eigenvalue weighted by Gasteiger charge is -2.17. The number of rotatable bonds is 8. The van der Waals surface area contributed by atoms with Gasteiger partial charge in [0.25, 0.3) is 0 Å². The number of benzene rings is 2. The number of nitrogens with zero attached hydrogens (tertiary/aromatic N) is 1. The predicted octanol–water partition coefficient (Wildman–Crippen LogP) is 6.08. The van der Waals surface area contributed by atoms with Crippen LogP contribution in [0.15, 0.2) is 47.9 Å². The largest absolute Gasteiger partial charge is 0.481 e. The van der Waals surface area contributed by atoms with Gasteiger partial charge < -0.3 is 9.67 Å². The van der Waals surface area contributed by atoms with Crippen LogP contribution in [0.25, 0.3) is 17.0 Å². The number of fused-ring (bicyclic) bond motifs is 3. The Bertz CT molecular complexity index is 1110. The molecular formula is C23H22ClNO4S. The van der Waals surface area contributed by atoms with Gasteiger partial charge in [0.15, 0.2) is 0 Å². The smallest absolute Gasteiger partial charge is 0.304 e. The Hall–Kier alpha value is -2.25. The van der Waals surface area contributed by atoms with E-state index in [4.69, 9.17) is 20.8 Å². The van der Waals surface area contributed by atoms with Crippen molar-refractivity contribution < 1.29 is 19.1 Å². The van der Waals surface area contributed by atoms with Crippen LogP contribution in [0.5, 0.6) is 0 Å². The van der Waals surface area contributed by atoms with Gasteiger partial charge in [0, 0.05) is 33.5 Å². The Kier molecular flexibility index (Phi) is 6.20. The lowest BCUT2D eigenvalue weighted by molar-refractivity contribution is -0.160. The average Bonchev–Trinajstić information content (AvgIpc) is 3.26. The molecule has 1 unspecified atom stereocenters. The van der Waals surface area contributed by atoms with Crippen molar-refractivity contribution in [1.82, 2.24) is 4.57 Å². The molecule has 4 rings (SSSR count). The van der Waals surface area contributed by atoms with Crippen LogP contribution in [-0.2, 0) is 27.0 Å². The lowest BCUT2D eigenvalue weighted by Crippen LogP contribution is -2.11. The molecule has 5 nitrogen and oxygen atoms in total. The molecule has 1 atom stereocenters. The van der Waals surface area contributed by atoms with Crippen LogP contribution in [0.4, 0.5) is 0 Å². The quantitative estimate of drug-likeness (QED) is 0.260. The highest BCUT2D eigenvalue weighted by Gasteiger charge is 2.32. The number of halogens is 1. The van der Waals surface area contributed by atoms with Crippen LogP contribution < -0.4 is 0 Å². The fourth-order valence-corrected chi connectivity index (χ4v) is 5.00. The van der Waals surface area contributed by atoms with Gasteiger partial charge in [-0.1, -0.05) is 36.4 Å². The van der Waals surface area contributed by atoms with Crippen LogP contribution in [0.3, 0.4) is 0 Å². The first-order valence-corrected chi connectivity index (χ1v) is 10.8. The molecule has 7 heteroatoms. The molecule has 0 amide bonds. The van der Waals surface area contributed by atoms with Crippen molar-refractivity contribution in [2.45, 2.75) is 36.6 Å². The molecule has 0 radical (unpaired) electrons. The molecule has 1 N–H and O–H groups in total. The minimum atomic E-state index is -0.773. The molecule has 1 aromatic heterocycles. The zero-order chi connectivity index (χ0) is 21.3. The van der Waals surface area contributed by atoms with E-state index in [2.05, 4.69) is 17.2 Å². The first-order chi connectivity index (χ1) is 14.5. The van der Waals surface area contributed by atoms with Crippen molar-refractivity contribution in [3.8, 4) is 0 Å². The zero-order valence-corrected chi connectivity index (χ0v) is 18.1. The van der Waals surface area contributed by atoms with Crippen LogP contribution in [0.1, 0.15) is 41.1 Å². The molecule has 0 aliphatic heterocycles. The summed E-state index contributed by atoms with van der Waals surface area (Å²) in [5.41, 5.74) is 5.48. The van der Waals surface area contributed by atoms with Gasteiger partial charge in [0.2, 0.25) is 0 Å². The summed E-state index contributed by atoms with van der Waals surface area (Å²) >= 11 is 7.21. The number of aromatic nitrogens is 1. The Labute approximate surface area is 184 Å². The summed E-state index contributed by atoms with van der Waals surface area (Å²) in [7, 11) is 1.47. The van der Waals surface area contributed by atoms with Crippen molar-refractivity contribution in [2.75, 3.05) is 7.11 Å². The maximum Gasteiger partial charge on any atom is 0.304 e. The number of aliphatic carboxylic acids is 1. The van der Waals surface area contributed by atoms with Gasteiger partial charge in [0.05, 0.1) is 31.1 Å². The molecule has 1 heterocycles. The second-order valence-electron chi connectivity index (χ2n) is 7.34. The number of carbonyl (C=O) groups is 1. The molecule has 0 fully saturated rings. The highest BCUT2D eigenvalue weighted by molar-refractivity contribution is 7.94. The van der Waals surface area contributed by atoms with Gasteiger partial charge in [0.1, 0.15) is 0 Å². The molecular weight excluding hydrogens is 422 g/mol. The third-order valence-corrected chi connectivity index (χ3v) is 6.41. The van der Waals surface area contributed by atoms with E-state index in [9.17, 15) is 9.90 Å². The van der Waals surface area contributed by atoms with Crippen LogP contribution in [-0.4, -0.2) is 22.8 Å². The summed E-state index contributed by atoms with van der Waals surface area (Å²) in [6.45, 7) is 4.65. The number of hydrogen-bond donors (Lipinski definition) is 1. The third kappa shape index (κ3) is 4.01. The van der Waals surface area contributed by atoms with Crippen molar-refractivity contribution in [3.05, 3.63) is 70.4 Å². The molecule has 30 heavy (non-hydrogen) atoms. The van der Waals surface area contributed by atoms with Gasteiger partial charge in [-0.05, 0) is 53.8 Å². The van der Waals surface area contributed by atoms with Crippen molar-refractivity contribution in [1.29, 1.82) is 0 Å². The maximum absolute atomic E-state index is 11.5. The topological polar surface area (TPSA) is 60.7 Å². The monoisotopic (exact) mass is 443 g/mol. The summed E-state index contributed by atoms with van der Waals surface area (Å²) in [4.78, 5) is 17.2. The molecule has 1 aliphatic carbocycles. The third-order valence-electron chi connectivity index (χ3n) is 5.53. The van der Waals surface area contributed by atoms with Crippen LogP contribution in [0.2, 0.25) is 5.02 Å². The first-order valence-electron chi connectivity index (χ1n) is 9.66. The fourth-order valence-electron chi connectivity index (χ4n) is 4.39. The van der Waals surface area contributed by atoms with Crippen molar-refractivity contribution >= 4 is 46.6 Å². The molecule has 156 valence electrons. The second-order valence-corrected chi connectivity index (χ2v) is 8.55. The number of hydrogen-bond acceptors (Lipinski definition) is 4. The van der Waals surface area contributed by atoms with Gasteiger partial charge in [-0.25, -0.2) is 4.89 Å². The van der Waals surface area contributed by atoms with E-state index in [0.29, 0.717) is 11.6 Å². The standard InChI is InChI=1S/C23H22ClNO4S/c1-3-15-10-18(30-29-28-2)12-20-19-9-6-16(11-21(26)27)23(19)25(22(15)20)13-14-4-7-17(24)8-5-14/h3-5,7-8,10,12,16H,1,6,9,11,13H2,2H3,(H,26,27). The zero-order valence-electron chi connectivity index (χ0n) is 16.6. The van der Waals surface area contributed by atoms with E-state index in [0.717, 1.165) is 57.5 Å². The lowest BCUT2D eigenvalue weighted by atomic mass is 10.0. The van der Waals surface area contributed by atoms with Gasteiger partial charge in [-0.3, -0.25) is 4.79 Å². The van der Waals surface area contributed by atoms with Crippen LogP contribution >= 0.6 is 23.6 Å². The summed E-state index contributed by atoms with van der Waals surface area (Å²) in [6, 6.07) is 11.9. The second kappa shape index (κ2) is 8.86. The van der Waals surface area contributed by atoms with Crippen LogP contribution in [0, 0.1) is 0 Å². The highest BCUT2D eigenvalue weighted by atomic mass is 35.5. The fraction of sp³-hybridized carbons (Fsp3) is 0.261. The van der Waals surface area contributed by atoms with Crippen molar-refractivity contribution in [3.63, 3.8) is 0 Å². The molecule has 2 aromatic carbocycles. The number of carboxylic acids is 1. The van der Waals surface area contributed by atoms with E-state index >= 15 is 0 Å². The van der Waals surface area contributed by atoms with E-state index in [1.807, 2.05) is 36.4 Å². The SMILES string of the molecule is C=Cc1cc(SOOC)cc2c3c(n(Cc4ccc(Cl)cc4)c12)C(CC(=O)O)CC3. The molecule has 1 aliphatic rings. The Morgan fingerprint density at radius 1 is 1.37 bits per heavy atom. The summed E-state index contributed by atoms with van der Waals surface area (Å²) in [5.74, 6) is -0.786. The molecule has 0 saturated heterocycles. The summed E-state index contributed by atoms with van der Waals surface area (Å²) in [5, 5.41) is 11.3. The number of carboxylic acid groups (broad SMARTS) is 1. The Balaban J connectivity index is 1.91. The minimum Gasteiger partial charge on any atom is -0.481 e. The Morgan fingerprint density at radius 3 is 2.80 bits per heavy atom. The molecule has 3 aromatic rings. The van der Waals surface area contributed by atoms with Crippen molar-refractivity contribution in [2.24, 2.45) is 0 Å².